The number of carbonyl (C=O) groups excluding carboxylic acids is 1. The molecule has 0 bridgehead atoms. The van der Waals surface area contributed by atoms with Crippen molar-refractivity contribution in [2.75, 3.05) is 11.9 Å². The second kappa shape index (κ2) is 9.03. The number of nitrogens with two attached hydrogens (primary N) is 1. The number of hydrogen-bond acceptors (Lipinski definition) is 7. The average Bonchev–Trinajstić information content (AvgIpc) is 3.32. The van der Waals surface area contributed by atoms with Gasteiger partial charge in [-0.1, -0.05) is 54.6 Å². The van der Waals surface area contributed by atoms with Crippen molar-refractivity contribution in [1.29, 1.82) is 0 Å². The van der Waals surface area contributed by atoms with E-state index in [1.165, 1.54) is 11.6 Å². The minimum atomic E-state index is -0.651. The van der Waals surface area contributed by atoms with Crippen LogP contribution in [0.15, 0.2) is 88.1 Å². The van der Waals surface area contributed by atoms with E-state index in [0.717, 1.165) is 11.1 Å². The van der Waals surface area contributed by atoms with Crippen molar-refractivity contribution < 1.29 is 14.3 Å². The van der Waals surface area contributed by atoms with Gasteiger partial charge in [-0.2, -0.15) is 0 Å². The number of para-hydroxylation sites is 2. The summed E-state index contributed by atoms with van der Waals surface area (Å²) in [5.41, 5.74) is 7.93. The van der Waals surface area contributed by atoms with Gasteiger partial charge in [0.05, 0.1) is 6.04 Å². The van der Waals surface area contributed by atoms with E-state index >= 15 is 0 Å². The first-order chi connectivity index (χ1) is 17.3. The van der Waals surface area contributed by atoms with Crippen LogP contribution in [0, 0.1) is 0 Å². The van der Waals surface area contributed by atoms with Crippen molar-refractivity contribution in [3.63, 3.8) is 0 Å². The van der Waals surface area contributed by atoms with Crippen LogP contribution in [-0.2, 0) is 7.05 Å². The highest BCUT2D eigenvalue weighted by atomic mass is 16.4. The summed E-state index contributed by atoms with van der Waals surface area (Å²) in [4.78, 5) is 35.7. The average molecular weight is 482 g/mol. The number of aromatic nitrogens is 3. The lowest BCUT2D eigenvalue weighted by Gasteiger charge is -2.31. The van der Waals surface area contributed by atoms with E-state index in [2.05, 4.69) is 9.97 Å². The molecule has 5 rings (SSSR count). The standard InChI is InChI=1S/C27H23N5O4/c1-31(22(16-9-4-3-5-10-16)17-11-8-12-18(15-17)24(28)34)27-30-21(23(33)26(35)32(27)2)25-29-19-13-6-7-14-20(19)36-25/h3-15,22,33H,1-2H3,(H2,28,34). The molecule has 0 saturated heterocycles. The molecule has 1 amide bonds. The molecule has 9 nitrogen and oxygen atoms in total. The number of amides is 1. The second-order valence-corrected chi connectivity index (χ2v) is 8.37. The van der Waals surface area contributed by atoms with Crippen LogP contribution >= 0.6 is 0 Å². The summed E-state index contributed by atoms with van der Waals surface area (Å²) in [5, 5.41) is 10.7. The molecule has 180 valence electrons. The molecule has 2 aromatic heterocycles. The van der Waals surface area contributed by atoms with Gasteiger partial charge in [0.2, 0.25) is 17.6 Å². The SMILES string of the molecule is CN(c1nc(-c2nc3ccccc3o2)c(O)c(=O)n1C)C(c1ccccc1)c1cccc(C(N)=O)c1. The number of rotatable bonds is 6. The predicted molar refractivity (Wildman–Crippen MR) is 136 cm³/mol. The maximum absolute atomic E-state index is 13.1. The lowest BCUT2D eigenvalue weighted by atomic mass is 9.96. The van der Waals surface area contributed by atoms with Gasteiger partial charge in [-0.3, -0.25) is 14.2 Å². The molecule has 36 heavy (non-hydrogen) atoms. The van der Waals surface area contributed by atoms with E-state index in [1.807, 2.05) is 42.5 Å². The minimum absolute atomic E-state index is 0.0352. The van der Waals surface area contributed by atoms with Crippen LogP contribution in [0.1, 0.15) is 27.5 Å². The van der Waals surface area contributed by atoms with Crippen molar-refractivity contribution in [3.05, 3.63) is 106 Å². The number of hydrogen-bond donors (Lipinski definition) is 2. The zero-order valence-electron chi connectivity index (χ0n) is 19.6. The largest absolute Gasteiger partial charge is 0.501 e. The van der Waals surface area contributed by atoms with E-state index in [1.54, 1.807) is 48.3 Å². The maximum atomic E-state index is 13.1. The van der Waals surface area contributed by atoms with Crippen molar-refractivity contribution in [2.45, 2.75) is 6.04 Å². The molecule has 2 heterocycles. The first-order valence-electron chi connectivity index (χ1n) is 11.2. The number of oxazole rings is 1. The summed E-state index contributed by atoms with van der Waals surface area (Å²) in [6.45, 7) is 0. The molecule has 5 aromatic rings. The first kappa shape index (κ1) is 22.9. The highest BCUT2D eigenvalue weighted by Gasteiger charge is 2.27. The third kappa shape index (κ3) is 3.96. The minimum Gasteiger partial charge on any atom is -0.501 e. The number of aromatic hydroxyl groups is 1. The Morgan fingerprint density at radius 1 is 1.00 bits per heavy atom. The third-order valence-corrected chi connectivity index (χ3v) is 6.04. The molecular formula is C27H23N5O4. The molecule has 0 aliphatic heterocycles. The Hall–Kier alpha value is -4.92. The molecule has 0 aliphatic rings. The van der Waals surface area contributed by atoms with Crippen LogP contribution in [0.3, 0.4) is 0 Å². The lowest BCUT2D eigenvalue weighted by Crippen LogP contribution is -2.33. The first-order valence-corrected chi connectivity index (χ1v) is 11.2. The molecule has 0 fully saturated rings. The molecule has 0 aliphatic carbocycles. The molecule has 1 atom stereocenters. The van der Waals surface area contributed by atoms with Crippen LogP contribution in [0.25, 0.3) is 22.7 Å². The monoisotopic (exact) mass is 481 g/mol. The zero-order chi connectivity index (χ0) is 25.4. The lowest BCUT2D eigenvalue weighted by molar-refractivity contribution is 0.1000. The highest BCUT2D eigenvalue weighted by molar-refractivity contribution is 5.93. The fourth-order valence-corrected chi connectivity index (χ4v) is 4.27. The van der Waals surface area contributed by atoms with Crippen molar-refractivity contribution in [3.8, 4) is 17.3 Å². The summed E-state index contributed by atoms with van der Waals surface area (Å²) in [7, 11) is 3.31. The van der Waals surface area contributed by atoms with Crippen molar-refractivity contribution in [2.24, 2.45) is 12.8 Å². The Morgan fingerprint density at radius 2 is 1.69 bits per heavy atom. The van der Waals surface area contributed by atoms with Crippen LogP contribution < -0.4 is 16.2 Å². The third-order valence-electron chi connectivity index (χ3n) is 6.04. The summed E-state index contributed by atoms with van der Waals surface area (Å²) < 4.78 is 7.04. The predicted octanol–water partition coefficient (Wildman–Crippen LogP) is 3.62. The molecule has 9 heteroatoms. The molecule has 3 N–H and O–H groups in total. The Kier molecular flexibility index (Phi) is 5.73. The molecule has 3 aromatic carbocycles. The molecule has 0 radical (unpaired) electrons. The Labute approximate surface area is 206 Å². The number of anilines is 1. The molecule has 0 spiro atoms. The topological polar surface area (TPSA) is 127 Å². The second-order valence-electron chi connectivity index (χ2n) is 8.37. The fraction of sp³-hybridized carbons (Fsp3) is 0.111. The molecule has 0 saturated carbocycles. The van der Waals surface area contributed by atoms with Gasteiger partial charge in [-0.25, -0.2) is 9.97 Å². The van der Waals surface area contributed by atoms with E-state index in [-0.39, 0.29) is 17.5 Å². The summed E-state index contributed by atoms with van der Waals surface area (Å²) in [6.07, 6.45) is 0. The van der Waals surface area contributed by atoms with Crippen LogP contribution in [0.5, 0.6) is 5.75 Å². The summed E-state index contributed by atoms with van der Waals surface area (Å²) in [6, 6.07) is 23.3. The number of carbonyl (C=O) groups is 1. The van der Waals surface area contributed by atoms with E-state index in [0.29, 0.717) is 16.7 Å². The quantitative estimate of drug-likeness (QED) is 0.379. The zero-order valence-corrected chi connectivity index (χ0v) is 19.6. The summed E-state index contributed by atoms with van der Waals surface area (Å²) >= 11 is 0. The van der Waals surface area contributed by atoms with Crippen LogP contribution in [0.4, 0.5) is 5.95 Å². The maximum Gasteiger partial charge on any atom is 0.297 e. The number of benzene rings is 3. The highest BCUT2D eigenvalue weighted by Crippen LogP contribution is 2.34. The van der Waals surface area contributed by atoms with Gasteiger partial charge < -0.3 is 20.2 Å². The van der Waals surface area contributed by atoms with Gasteiger partial charge in [-0.05, 0) is 35.4 Å². The van der Waals surface area contributed by atoms with Gasteiger partial charge in [0, 0.05) is 19.7 Å². The normalized spacial score (nSPS) is 11.9. The smallest absolute Gasteiger partial charge is 0.297 e. The Morgan fingerprint density at radius 3 is 2.42 bits per heavy atom. The number of fused-ring (bicyclic) bond motifs is 1. The fourth-order valence-electron chi connectivity index (χ4n) is 4.27. The van der Waals surface area contributed by atoms with E-state index in [4.69, 9.17) is 10.2 Å². The van der Waals surface area contributed by atoms with E-state index in [9.17, 15) is 14.7 Å². The van der Waals surface area contributed by atoms with Crippen molar-refractivity contribution in [1.82, 2.24) is 14.5 Å². The van der Waals surface area contributed by atoms with Crippen LogP contribution in [-0.4, -0.2) is 32.6 Å². The van der Waals surface area contributed by atoms with Gasteiger partial charge in [-0.15, -0.1) is 0 Å². The Bertz CT molecular complexity index is 1610. The number of primary amides is 1. The van der Waals surface area contributed by atoms with Gasteiger partial charge in [0.25, 0.3) is 11.4 Å². The van der Waals surface area contributed by atoms with Crippen LogP contribution in [0.2, 0.25) is 0 Å². The van der Waals surface area contributed by atoms with Gasteiger partial charge >= 0.3 is 0 Å². The number of nitrogens with zero attached hydrogens (tertiary/aromatic N) is 4. The van der Waals surface area contributed by atoms with E-state index < -0.39 is 23.3 Å². The molecular weight excluding hydrogens is 458 g/mol. The molecule has 1 unspecified atom stereocenters. The van der Waals surface area contributed by atoms with Gasteiger partial charge in [0.15, 0.2) is 11.3 Å². The van der Waals surface area contributed by atoms with Crippen molar-refractivity contribution >= 4 is 23.0 Å². The van der Waals surface area contributed by atoms with Gasteiger partial charge in [0.1, 0.15) is 5.52 Å². The summed E-state index contributed by atoms with van der Waals surface area (Å²) in [5.74, 6) is -0.811. The Balaban J connectivity index is 1.69.